The Morgan fingerprint density at radius 3 is 2.76 bits per heavy atom. The number of aryl methyl sites for hydroxylation is 1. The fraction of sp³-hybridized carbons (Fsp3) is 0.150. The van der Waals surface area contributed by atoms with E-state index in [1.807, 2.05) is 6.07 Å². The molecule has 0 saturated heterocycles. The number of nitrogens with zero attached hydrogens (tertiary/aromatic N) is 3. The highest BCUT2D eigenvalue weighted by molar-refractivity contribution is 6.33. The molecule has 0 unspecified atom stereocenters. The number of anilines is 1. The number of benzene rings is 2. The van der Waals surface area contributed by atoms with Gasteiger partial charge in [0.25, 0.3) is 5.91 Å². The zero-order chi connectivity index (χ0) is 21.0. The lowest BCUT2D eigenvalue weighted by Gasteiger charge is -2.13. The van der Waals surface area contributed by atoms with E-state index in [9.17, 15) is 9.18 Å². The Hall–Kier alpha value is -3.57. The van der Waals surface area contributed by atoms with Crippen molar-refractivity contribution in [1.29, 1.82) is 5.26 Å². The van der Waals surface area contributed by atoms with Gasteiger partial charge in [0.2, 0.25) is 0 Å². The summed E-state index contributed by atoms with van der Waals surface area (Å²) in [5, 5.41) is 15.9. The Morgan fingerprint density at radius 1 is 1.34 bits per heavy atom. The monoisotopic (exact) mass is 414 g/mol. The summed E-state index contributed by atoms with van der Waals surface area (Å²) in [6.45, 7) is -0.161. The van der Waals surface area contributed by atoms with Gasteiger partial charge >= 0.3 is 0 Å². The Kier molecular flexibility index (Phi) is 6.00. The Labute approximate surface area is 171 Å². The first kappa shape index (κ1) is 20.2. The molecule has 9 heteroatoms. The topological polar surface area (TPSA) is 89.2 Å². The van der Waals surface area contributed by atoms with Crippen molar-refractivity contribution in [3.8, 4) is 28.8 Å². The van der Waals surface area contributed by atoms with Gasteiger partial charge in [-0.15, -0.1) is 0 Å². The fourth-order valence-electron chi connectivity index (χ4n) is 2.75. The maximum absolute atomic E-state index is 14.2. The molecule has 0 aliphatic heterocycles. The van der Waals surface area contributed by atoms with Crippen LogP contribution in [0.4, 0.5) is 10.1 Å². The van der Waals surface area contributed by atoms with Crippen molar-refractivity contribution in [1.82, 2.24) is 9.78 Å². The molecule has 0 fully saturated rings. The summed E-state index contributed by atoms with van der Waals surface area (Å²) >= 11 is 6.24. The number of carbonyl (C=O) groups is 1. The number of halogens is 2. The standard InChI is InChI=1S/C20H16ClFN4O3/c1-26-19(16(21)11-24-26)15-9-12(3-6-18(15)29-8-7-23)25-20(27)14-5-4-13(28-2)10-17(14)22/h3-6,9-11H,8H2,1-2H3,(H,25,27). The van der Waals surface area contributed by atoms with Gasteiger partial charge in [0.05, 0.1) is 29.6 Å². The van der Waals surface area contributed by atoms with Crippen LogP contribution in [0, 0.1) is 17.1 Å². The number of carbonyl (C=O) groups excluding carboxylic acids is 1. The van der Waals surface area contributed by atoms with E-state index in [-0.39, 0.29) is 12.2 Å². The first-order valence-corrected chi connectivity index (χ1v) is 8.79. The SMILES string of the molecule is COc1ccc(C(=O)Nc2ccc(OCC#N)c(-c3c(Cl)cnn3C)c2)c(F)c1. The summed E-state index contributed by atoms with van der Waals surface area (Å²) in [6.07, 6.45) is 1.48. The molecule has 7 nitrogen and oxygen atoms in total. The molecule has 0 radical (unpaired) electrons. The lowest BCUT2D eigenvalue weighted by Crippen LogP contribution is -2.14. The highest BCUT2D eigenvalue weighted by Crippen LogP contribution is 2.36. The molecule has 1 N–H and O–H groups in total. The highest BCUT2D eigenvalue weighted by Gasteiger charge is 2.18. The first-order chi connectivity index (χ1) is 13.9. The lowest BCUT2D eigenvalue weighted by atomic mass is 10.1. The van der Waals surface area contributed by atoms with Crippen LogP contribution in [0.1, 0.15) is 10.4 Å². The number of rotatable bonds is 6. The largest absolute Gasteiger partial charge is 0.497 e. The van der Waals surface area contributed by atoms with Gasteiger partial charge in [-0.25, -0.2) is 4.39 Å². The van der Waals surface area contributed by atoms with Gasteiger partial charge in [-0.3, -0.25) is 9.48 Å². The predicted octanol–water partition coefficient (Wildman–Crippen LogP) is 4.04. The Morgan fingerprint density at radius 2 is 2.14 bits per heavy atom. The van der Waals surface area contributed by atoms with Crippen molar-refractivity contribution in [2.75, 3.05) is 19.0 Å². The first-order valence-electron chi connectivity index (χ1n) is 8.41. The van der Waals surface area contributed by atoms with Gasteiger partial charge in [-0.1, -0.05) is 11.6 Å². The van der Waals surface area contributed by atoms with E-state index in [4.69, 9.17) is 26.3 Å². The smallest absolute Gasteiger partial charge is 0.258 e. The van der Waals surface area contributed by atoms with E-state index in [1.54, 1.807) is 29.9 Å². The molecule has 1 heterocycles. The number of amides is 1. The van der Waals surface area contributed by atoms with Gasteiger partial charge in [0.1, 0.15) is 23.4 Å². The second kappa shape index (κ2) is 8.63. The highest BCUT2D eigenvalue weighted by atomic mass is 35.5. The number of hydrogen-bond acceptors (Lipinski definition) is 5. The molecule has 3 aromatic rings. The average Bonchev–Trinajstić information content (AvgIpc) is 3.04. The number of hydrogen-bond donors (Lipinski definition) is 1. The van der Waals surface area contributed by atoms with E-state index in [1.165, 1.54) is 25.4 Å². The summed E-state index contributed by atoms with van der Waals surface area (Å²) in [6, 6.07) is 10.7. The Balaban J connectivity index is 1.95. The molecule has 0 spiro atoms. The van der Waals surface area contributed by atoms with Gasteiger partial charge in [-0.05, 0) is 30.3 Å². The van der Waals surface area contributed by atoms with Crippen molar-refractivity contribution in [3.63, 3.8) is 0 Å². The van der Waals surface area contributed by atoms with Gasteiger partial charge in [-0.2, -0.15) is 10.4 Å². The molecule has 0 aliphatic carbocycles. The van der Waals surface area contributed by atoms with E-state index < -0.39 is 11.7 Å². The normalized spacial score (nSPS) is 10.3. The molecule has 0 saturated carbocycles. The zero-order valence-corrected chi connectivity index (χ0v) is 16.3. The van der Waals surface area contributed by atoms with Crippen LogP contribution in [0.2, 0.25) is 5.02 Å². The van der Waals surface area contributed by atoms with Crippen LogP contribution in [0.3, 0.4) is 0 Å². The minimum atomic E-state index is -0.703. The molecule has 2 aromatic carbocycles. The molecular weight excluding hydrogens is 399 g/mol. The summed E-state index contributed by atoms with van der Waals surface area (Å²) in [4.78, 5) is 12.5. The van der Waals surface area contributed by atoms with Crippen LogP contribution in [0.25, 0.3) is 11.3 Å². The molecule has 3 rings (SSSR count). The molecule has 0 atom stereocenters. The van der Waals surface area contributed by atoms with Crippen LogP contribution >= 0.6 is 11.6 Å². The summed E-state index contributed by atoms with van der Waals surface area (Å²) in [5.41, 5.74) is 1.34. The van der Waals surface area contributed by atoms with Crippen molar-refractivity contribution < 1.29 is 18.7 Å². The maximum Gasteiger partial charge on any atom is 0.258 e. The lowest BCUT2D eigenvalue weighted by molar-refractivity contribution is 0.102. The second-order valence-electron chi connectivity index (χ2n) is 5.92. The molecule has 0 aliphatic rings. The molecule has 0 bridgehead atoms. The minimum Gasteiger partial charge on any atom is -0.497 e. The molecule has 148 valence electrons. The second-order valence-corrected chi connectivity index (χ2v) is 6.33. The number of nitrogens with one attached hydrogen (secondary N) is 1. The number of aromatic nitrogens is 2. The molecular formula is C20H16ClFN4O3. The van der Waals surface area contributed by atoms with Crippen LogP contribution in [0.15, 0.2) is 42.6 Å². The fourth-order valence-corrected chi connectivity index (χ4v) is 3.02. The van der Waals surface area contributed by atoms with Crippen molar-refractivity contribution in [2.45, 2.75) is 0 Å². The third-order valence-electron chi connectivity index (χ3n) is 4.10. The van der Waals surface area contributed by atoms with Crippen molar-refractivity contribution >= 4 is 23.2 Å². The third-order valence-corrected chi connectivity index (χ3v) is 4.38. The van der Waals surface area contributed by atoms with E-state index in [0.717, 1.165) is 6.07 Å². The number of ether oxygens (including phenoxy) is 2. The molecule has 1 amide bonds. The minimum absolute atomic E-state index is 0.129. The van der Waals surface area contributed by atoms with Crippen molar-refractivity contribution in [2.24, 2.45) is 7.05 Å². The van der Waals surface area contributed by atoms with E-state index >= 15 is 0 Å². The van der Waals surface area contributed by atoms with Crippen molar-refractivity contribution in [3.05, 3.63) is 59.0 Å². The van der Waals surface area contributed by atoms with E-state index in [0.29, 0.717) is 33.5 Å². The molecule has 29 heavy (non-hydrogen) atoms. The summed E-state index contributed by atoms with van der Waals surface area (Å²) in [5.74, 6) is -0.625. The Bertz CT molecular complexity index is 1090. The number of methoxy groups -OCH3 is 1. The number of nitriles is 1. The van der Waals surface area contributed by atoms with Crippen LogP contribution in [0.5, 0.6) is 11.5 Å². The average molecular weight is 415 g/mol. The maximum atomic E-state index is 14.2. The summed E-state index contributed by atoms with van der Waals surface area (Å²) in [7, 11) is 3.11. The van der Waals surface area contributed by atoms with Gasteiger partial charge in [0, 0.05) is 24.4 Å². The third kappa shape index (κ3) is 4.31. The van der Waals surface area contributed by atoms with Crippen LogP contribution in [-0.2, 0) is 7.05 Å². The zero-order valence-electron chi connectivity index (χ0n) is 15.6. The quantitative estimate of drug-likeness (QED) is 0.657. The van der Waals surface area contributed by atoms with Gasteiger partial charge < -0.3 is 14.8 Å². The van der Waals surface area contributed by atoms with E-state index in [2.05, 4.69) is 10.4 Å². The van der Waals surface area contributed by atoms with Gasteiger partial charge in [0.15, 0.2) is 6.61 Å². The summed E-state index contributed by atoms with van der Waals surface area (Å²) < 4.78 is 26.1. The van der Waals surface area contributed by atoms with Crippen LogP contribution in [-0.4, -0.2) is 29.4 Å². The predicted molar refractivity (Wildman–Crippen MR) is 106 cm³/mol. The molecule has 1 aromatic heterocycles. The van der Waals surface area contributed by atoms with Crippen LogP contribution < -0.4 is 14.8 Å².